The number of nitrogens with zero attached hydrogens (tertiary/aromatic N) is 2. The van der Waals surface area contributed by atoms with Gasteiger partial charge in [0.1, 0.15) is 11.6 Å². The summed E-state index contributed by atoms with van der Waals surface area (Å²) < 4.78 is 31.7. The van der Waals surface area contributed by atoms with E-state index < -0.39 is 9.84 Å². The van der Waals surface area contributed by atoms with Gasteiger partial charge in [-0.3, -0.25) is 4.79 Å². The average Bonchev–Trinajstić information content (AvgIpc) is 3.18. The molecule has 6 nitrogen and oxygen atoms in total. The topological polar surface area (TPSA) is 76.6 Å². The summed E-state index contributed by atoms with van der Waals surface area (Å²) in [5, 5.41) is 1.21. The van der Waals surface area contributed by atoms with Gasteiger partial charge in [-0.15, -0.1) is 0 Å². The Morgan fingerprint density at radius 2 is 1.87 bits per heavy atom. The van der Waals surface area contributed by atoms with Crippen LogP contribution in [0.25, 0.3) is 10.2 Å². The molecular weight excluding hydrogens is 456 g/mol. The summed E-state index contributed by atoms with van der Waals surface area (Å²) in [6.07, 6.45) is 1.99. The number of hydrogen-bond acceptors (Lipinski definition) is 6. The van der Waals surface area contributed by atoms with Crippen molar-refractivity contribution in [2.45, 2.75) is 36.7 Å². The number of thiazole rings is 1. The number of likely N-dealkylation sites (tertiary alicyclic amines) is 1. The van der Waals surface area contributed by atoms with Gasteiger partial charge >= 0.3 is 0 Å². The summed E-state index contributed by atoms with van der Waals surface area (Å²) in [5.41, 5.74) is 0.752. The molecule has 0 spiro atoms. The first-order chi connectivity index (χ1) is 14.9. The fraction of sp³-hybridized carbons (Fsp3) is 0.364. The zero-order valence-electron chi connectivity index (χ0n) is 16.9. The van der Waals surface area contributed by atoms with E-state index in [0.717, 1.165) is 23.1 Å². The maximum Gasteiger partial charge on any atom is 0.274 e. The van der Waals surface area contributed by atoms with Gasteiger partial charge in [0.05, 0.1) is 20.4 Å². The molecule has 31 heavy (non-hydrogen) atoms. The van der Waals surface area contributed by atoms with E-state index >= 15 is 0 Å². The third-order valence-corrected chi connectivity index (χ3v) is 8.35. The van der Waals surface area contributed by atoms with Crippen LogP contribution >= 0.6 is 22.9 Å². The lowest BCUT2D eigenvalue weighted by molar-refractivity contribution is -0.133. The van der Waals surface area contributed by atoms with E-state index in [-0.39, 0.29) is 24.2 Å². The van der Waals surface area contributed by atoms with Gasteiger partial charge < -0.3 is 9.64 Å². The number of carbonyl (C=O) groups excluding carboxylic acids is 1. The lowest BCUT2D eigenvalue weighted by atomic mass is 10.1. The van der Waals surface area contributed by atoms with E-state index in [4.69, 9.17) is 16.3 Å². The molecule has 1 amide bonds. The predicted molar refractivity (Wildman–Crippen MR) is 123 cm³/mol. The Balaban J connectivity index is 1.23. The highest BCUT2D eigenvalue weighted by Gasteiger charge is 2.25. The molecule has 1 aromatic heterocycles. The van der Waals surface area contributed by atoms with Gasteiger partial charge in [0, 0.05) is 32.4 Å². The van der Waals surface area contributed by atoms with Crippen LogP contribution in [0, 0.1) is 0 Å². The van der Waals surface area contributed by atoms with Crippen LogP contribution in [0.1, 0.15) is 25.7 Å². The molecule has 1 aliphatic rings. The van der Waals surface area contributed by atoms with Crippen molar-refractivity contribution in [1.82, 2.24) is 9.88 Å². The zero-order valence-corrected chi connectivity index (χ0v) is 19.3. The van der Waals surface area contributed by atoms with Crippen molar-refractivity contribution in [2.24, 2.45) is 0 Å². The highest BCUT2D eigenvalue weighted by Crippen LogP contribution is 2.33. The van der Waals surface area contributed by atoms with E-state index in [0.29, 0.717) is 34.6 Å². The van der Waals surface area contributed by atoms with E-state index in [1.54, 1.807) is 35.2 Å². The standard InChI is InChI=1S/C22H23ClN2O4S2/c23-18-8-4-9-19-21(18)24-22(30-19)29-16-11-13-25(14-12-16)20(26)10-5-15-31(27,28)17-6-2-1-3-7-17/h1-4,6-9,16H,5,10-15H2. The maximum atomic E-state index is 12.5. The number of aromatic nitrogens is 1. The number of sulfone groups is 1. The lowest BCUT2D eigenvalue weighted by Gasteiger charge is -2.31. The number of rotatable bonds is 7. The van der Waals surface area contributed by atoms with Crippen molar-refractivity contribution in [2.75, 3.05) is 18.8 Å². The summed E-state index contributed by atoms with van der Waals surface area (Å²) in [5.74, 6) is -0.0313. The predicted octanol–water partition coefficient (Wildman–Crippen LogP) is 4.57. The van der Waals surface area contributed by atoms with Crippen molar-refractivity contribution < 1.29 is 17.9 Å². The number of carbonyl (C=O) groups is 1. The van der Waals surface area contributed by atoms with Crippen LogP contribution in [0.4, 0.5) is 0 Å². The fourth-order valence-electron chi connectivity index (χ4n) is 3.63. The van der Waals surface area contributed by atoms with Crippen LogP contribution in [0.2, 0.25) is 5.02 Å². The molecule has 2 heterocycles. The van der Waals surface area contributed by atoms with E-state index in [1.807, 2.05) is 18.2 Å². The third kappa shape index (κ3) is 5.37. The Morgan fingerprint density at radius 1 is 1.13 bits per heavy atom. The molecule has 9 heteroatoms. The molecule has 0 bridgehead atoms. The normalized spacial score (nSPS) is 15.3. The number of hydrogen-bond donors (Lipinski definition) is 0. The summed E-state index contributed by atoms with van der Waals surface area (Å²) in [6.45, 7) is 1.20. The number of fused-ring (bicyclic) bond motifs is 1. The van der Waals surface area contributed by atoms with Gasteiger partial charge in [0.15, 0.2) is 9.84 Å². The molecule has 4 rings (SSSR count). The molecule has 1 fully saturated rings. The van der Waals surface area contributed by atoms with Crippen molar-refractivity contribution in [3.8, 4) is 5.19 Å². The lowest BCUT2D eigenvalue weighted by Crippen LogP contribution is -2.41. The maximum absolute atomic E-state index is 12.5. The second kappa shape index (κ2) is 9.54. The van der Waals surface area contributed by atoms with Gasteiger partial charge in [-0.05, 0) is 30.7 Å². The number of ether oxygens (including phenoxy) is 1. The van der Waals surface area contributed by atoms with Crippen LogP contribution in [0.15, 0.2) is 53.4 Å². The van der Waals surface area contributed by atoms with Crippen molar-refractivity contribution in [3.63, 3.8) is 0 Å². The molecule has 0 saturated carbocycles. The fourth-order valence-corrected chi connectivity index (χ4v) is 6.14. The molecule has 3 aromatic rings. The van der Waals surface area contributed by atoms with Crippen LogP contribution < -0.4 is 4.74 Å². The molecule has 0 unspecified atom stereocenters. The van der Waals surface area contributed by atoms with Crippen molar-refractivity contribution in [1.29, 1.82) is 0 Å². The summed E-state index contributed by atoms with van der Waals surface area (Å²) in [7, 11) is -3.35. The molecule has 0 N–H and O–H groups in total. The number of para-hydroxylation sites is 1. The SMILES string of the molecule is O=C(CCCS(=O)(=O)c1ccccc1)N1CCC(Oc2nc3c(Cl)cccc3s2)CC1. The molecule has 0 radical (unpaired) electrons. The zero-order chi connectivity index (χ0) is 21.8. The first kappa shape index (κ1) is 22.0. The van der Waals surface area contributed by atoms with E-state index in [2.05, 4.69) is 4.98 Å². The quantitative estimate of drug-likeness (QED) is 0.497. The van der Waals surface area contributed by atoms with Crippen LogP contribution in [-0.4, -0.2) is 49.2 Å². The van der Waals surface area contributed by atoms with E-state index in [9.17, 15) is 13.2 Å². The molecule has 0 atom stereocenters. The molecule has 164 valence electrons. The highest BCUT2D eigenvalue weighted by atomic mass is 35.5. The largest absolute Gasteiger partial charge is 0.467 e. The Hall–Kier alpha value is -2.16. The van der Waals surface area contributed by atoms with Gasteiger partial charge in [-0.1, -0.05) is 47.2 Å². The molecule has 1 saturated heterocycles. The first-order valence-electron chi connectivity index (χ1n) is 10.2. The monoisotopic (exact) mass is 478 g/mol. The second-order valence-electron chi connectivity index (χ2n) is 7.50. The van der Waals surface area contributed by atoms with Gasteiger partial charge in [0.25, 0.3) is 5.19 Å². The molecule has 2 aromatic carbocycles. The van der Waals surface area contributed by atoms with Gasteiger partial charge in [-0.25, -0.2) is 13.4 Å². The highest BCUT2D eigenvalue weighted by molar-refractivity contribution is 7.91. The Kier molecular flexibility index (Phi) is 6.79. The second-order valence-corrected chi connectivity index (χ2v) is 11.0. The summed E-state index contributed by atoms with van der Waals surface area (Å²) in [6, 6.07) is 14.0. The van der Waals surface area contributed by atoms with Gasteiger partial charge in [-0.2, -0.15) is 0 Å². The number of benzene rings is 2. The smallest absolute Gasteiger partial charge is 0.274 e. The molecule has 1 aliphatic heterocycles. The minimum absolute atomic E-state index is 0.00171. The van der Waals surface area contributed by atoms with Gasteiger partial charge in [0.2, 0.25) is 5.91 Å². The van der Waals surface area contributed by atoms with Crippen LogP contribution in [0.5, 0.6) is 5.19 Å². The number of amides is 1. The number of piperidine rings is 1. The Labute approximate surface area is 190 Å². The third-order valence-electron chi connectivity index (χ3n) is 5.32. The summed E-state index contributed by atoms with van der Waals surface area (Å²) >= 11 is 7.65. The molecule has 0 aliphatic carbocycles. The first-order valence-corrected chi connectivity index (χ1v) is 13.0. The Bertz CT molecular complexity index is 1160. The van der Waals surface area contributed by atoms with Crippen LogP contribution in [0.3, 0.4) is 0 Å². The van der Waals surface area contributed by atoms with E-state index in [1.165, 1.54) is 11.3 Å². The number of halogens is 1. The Morgan fingerprint density at radius 3 is 2.58 bits per heavy atom. The molecular formula is C22H23ClN2O4S2. The average molecular weight is 479 g/mol. The van der Waals surface area contributed by atoms with Crippen molar-refractivity contribution >= 4 is 48.9 Å². The minimum Gasteiger partial charge on any atom is -0.467 e. The minimum atomic E-state index is -3.35. The summed E-state index contributed by atoms with van der Waals surface area (Å²) in [4.78, 5) is 19.1. The van der Waals surface area contributed by atoms with Crippen LogP contribution in [-0.2, 0) is 14.6 Å². The van der Waals surface area contributed by atoms with Crippen molar-refractivity contribution in [3.05, 3.63) is 53.6 Å².